The number of nitrogens with zero attached hydrogens (tertiary/aromatic N) is 2. The van der Waals surface area contributed by atoms with Gasteiger partial charge in [-0.2, -0.15) is 0 Å². The van der Waals surface area contributed by atoms with Crippen LogP contribution in [0.4, 0.5) is 11.5 Å². The molecule has 130 valence electrons. The zero-order valence-corrected chi connectivity index (χ0v) is 15.5. The van der Waals surface area contributed by atoms with Gasteiger partial charge in [0.1, 0.15) is 10.6 Å². The molecule has 0 spiro atoms. The molecule has 7 heteroatoms. The predicted octanol–water partition coefficient (Wildman–Crippen LogP) is 2.76. The van der Waals surface area contributed by atoms with E-state index in [0.29, 0.717) is 17.2 Å². The first kappa shape index (κ1) is 18.2. The van der Waals surface area contributed by atoms with Crippen LogP contribution in [0, 0.1) is 0 Å². The van der Waals surface area contributed by atoms with Crippen molar-refractivity contribution in [1.29, 1.82) is 0 Å². The van der Waals surface area contributed by atoms with Gasteiger partial charge in [-0.1, -0.05) is 0 Å². The molecule has 0 fully saturated rings. The van der Waals surface area contributed by atoms with Gasteiger partial charge in [0, 0.05) is 17.3 Å². The van der Waals surface area contributed by atoms with Gasteiger partial charge in [-0.05, 0) is 58.9 Å². The first-order chi connectivity index (χ1) is 10.9. The maximum Gasteiger partial charge on any atom is 0.166 e. The van der Waals surface area contributed by atoms with Gasteiger partial charge in [0.25, 0.3) is 0 Å². The Morgan fingerprint density at radius 3 is 1.96 bits per heavy atom. The molecule has 2 aromatic rings. The Balaban J connectivity index is 2.62. The lowest BCUT2D eigenvalue weighted by Crippen LogP contribution is -2.42. The van der Waals surface area contributed by atoms with Crippen molar-refractivity contribution in [3.8, 4) is 11.4 Å². The minimum atomic E-state index is -3.52. The van der Waals surface area contributed by atoms with Crippen LogP contribution in [0.1, 0.15) is 40.3 Å². The highest BCUT2D eigenvalue weighted by atomic mass is 32.2. The van der Waals surface area contributed by atoms with Gasteiger partial charge < -0.3 is 11.5 Å². The van der Waals surface area contributed by atoms with E-state index in [9.17, 15) is 8.42 Å². The molecule has 1 aromatic heterocycles. The summed E-state index contributed by atoms with van der Waals surface area (Å²) in [6, 6.07) is 8.54. The Hall–Kier alpha value is -2.15. The third-order valence-electron chi connectivity index (χ3n) is 4.01. The highest BCUT2D eigenvalue weighted by Gasteiger charge is 2.45. The fraction of sp³-hybridized carbons (Fsp3) is 0.412. The zero-order valence-electron chi connectivity index (χ0n) is 14.7. The van der Waals surface area contributed by atoms with Gasteiger partial charge in [0.2, 0.25) is 0 Å². The van der Waals surface area contributed by atoms with Crippen molar-refractivity contribution in [1.82, 2.24) is 9.97 Å². The largest absolute Gasteiger partial charge is 0.399 e. The molecule has 4 N–H and O–H groups in total. The Kier molecular flexibility index (Phi) is 4.35. The fourth-order valence-corrected chi connectivity index (χ4v) is 4.35. The molecule has 0 bridgehead atoms. The summed E-state index contributed by atoms with van der Waals surface area (Å²) in [6.45, 7) is 8.31. The van der Waals surface area contributed by atoms with E-state index in [4.69, 9.17) is 11.5 Å². The lowest BCUT2D eigenvalue weighted by Gasteiger charge is -2.32. The normalized spacial score (nSPS) is 13.0. The number of rotatable bonds is 3. The van der Waals surface area contributed by atoms with Crippen LogP contribution in [-0.4, -0.2) is 23.1 Å². The summed E-state index contributed by atoms with van der Waals surface area (Å²) in [7, 11) is -3.52. The summed E-state index contributed by atoms with van der Waals surface area (Å²) in [4.78, 5) is 8.70. The summed E-state index contributed by atoms with van der Waals surface area (Å²) in [5.74, 6) is 0.603. The molecule has 0 unspecified atom stereocenters. The Bertz CT molecular complexity index is 851. The van der Waals surface area contributed by atoms with E-state index in [1.807, 2.05) is 0 Å². The van der Waals surface area contributed by atoms with Crippen molar-refractivity contribution in [2.45, 2.75) is 44.1 Å². The summed E-state index contributed by atoms with van der Waals surface area (Å²) in [5.41, 5.74) is 13.3. The number of hydrogen-bond donors (Lipinski definition) is 2. The quantitative estimate of drug-likeness (QED) is 0.825. The van der Waals surface area contributed by atoms with Gasteiger partial charge in [-0.15, -0.1) is 0 Å². The monoisotopic (exact) mass is 348 g/mol. The predicted molar refractivity (Wildman–Crippen MR) is 98.0 cm³/mol. The molecular weight excluding hydrogens is 324 g/mol. The first-order valence-corrected chi connectivity index (χ1v) is 9.10. The lowest BCUT2D eigenvalue weighted by molar-refractivity contribution is 0.515. The molecule has 0 aliphatic rings. The van der Waals surface area contributed by atoms with Crippen LogP contribution in [0.2, 0.25) is 0 Å². The van der Waals surface area contributed by atoms with Gasteiger partial charge in [0.15, 0.2) is 15.7 Å². The number of sulfone groups is 1. The molecule has 1 aromatic carbocycles. The van der Waals surface area contributed by atoms with Gasteiger partial charge in [0.05, 0.1) is 10.4 Å². The zero-order chi connectivity index (χ0) is 18.3. The number of nitrogen functional groups attached to an aromatic ring is 2. The molecule has 0 radical (unpaired) electrons. The maximum absolute atomic E-state index is 13.0. The van der Waals surface area contributed by atoms with Crippen molar-refractivity contribution in [2.75, 3.05) is 11.5 Å². The average Bonchev–Trinajstić information content (AvgIpc) is 2.46. The topological polar surface area (TPSA) is 112 Å². The van der Waals surface area contributed by atoms with Crippen molar-refractivity contribution >= 4 is 21.3 Å². The van der Waals surface area contributed by atoms with Crippen LogP contribution in [0.5, 0.6) is 0 Å². The molecule has 0 saturated carbocycles. The van der Waals surface area contributed by atoms with E-state index in [0.717, 1.165) is 5.56 Å². The van der Waals surface area contributed by atoms with Crippen LogP contribution in [-0.2, 0) is 14.6 Å². The first-order valence-electron chi connectivity index (χ1n) is 7.61. The van der Waals surface area contributed by atoms with Crippen molar-refractivity contribution < 1.29 is 8.42 Å². The molecular formula is C17H24N4O2S. The smallest absolute Gasteiger partial charge is 0.166 e. The van der Waals surface area contributed by atoms with Gasteiger partial charge >= 0.3 is 0 Å². The van der Waals surface area contributed by atoms with Crippen LogP contribution in [0.3, 0.4) is 0 Å². The lowest BCUT2D eigenvalue weighted by atomic mass is 10.1. The van der Waals surface area contributed by atoms with Gasteiger partial charge in [-0.3, -0.25) is 0 Å². The molecule has 0 atom stereocenters. The molecule has 0 saturated heterocycles. The molecule has 1 heterocycles. The minimum absolute atomic E-state index is 0.226. The number of nitrogens with two attached hydrogens (primary N) is 2. The molecule has 6 nitrogen and oxygen atoms in total. The fourth-order valence-electron chi connectivity index (χ4n) is 2.44. The summed E-state index contributed by atoms with van der Waals surface area (Å²) in [5, 5.41) is 0. The third-order valence-corrected chi connectivity index (χ3v) is 7.17. The minimum Gasteiger partial charge on any atom is -0.399 e. The molecule has 2 rings (SSSR count). The summed E-state index contributed by atoms with van der Waals surface area (Å²) in [6.07, 6.45) is 0. The SMILES string of the molecule is CC(C)(C)S(=O)(=O)C(C)(C)c1cc(N)nc(-c2ccc(N)cc2)n1. The highest BCUT2D eigenvalue weighted by molar-refractivity contribution is 7.93. The number of benzene rings is 1. The average molecular weight is 348 g/mol. The standard InChI is InChI=1S/C17H24N4O2S/c1-16(2,3)24(22,23)17(4,5)13-10-14(19)21-15(20-13)11-6-8-12(18)9-7-11/h6-10H,18H2,1-5H3,(H2,19,20,21). The Morgan fingerprint density at radius 1 is 0.917 bits per heavy atom. The molecule has 0 amide bonds. The Labute approximate surface area is 143 Å². The highest BCUT2D eigenvalue weighted by Crippen LogP contribution is 2.37. The second kappa shape index (κ2) is 5.73. The van der Waals surface area contributed by atoms with Gasteiger partial charge in [-0.25, -0.2) is 18.4 Å². The van der Waals surface area contributed by atoms with Crippen molar-refractivity contribution in [2.24, 2.45) is 0 Å². The van der Waals surface area contributed by atoms with Crippen LogP contribution in [0.25, 0.3) is 11.4 Å². The van der Waals surface area contributed by atoms with Crippen LogP contribution >= 0.6 is 0 Å². The molecule has 24 heavy (non-hydrogen) atoms. The molecule has 0 aliphatic heterocycles. The number of anilines is 2. The maximum atomic E-state index is 13.0. The second-order valence-electron chi connectivity index (χ2n) is 7.25. The van der Waals surface area contributed by atoms with E-state index >= 15 is 0 Å². The second-order valence-corrected chi connectivity index (χ2v) is 10.5. The van der Waals surface area contributed by atoms with Crippen molar-refractivity contribution in [3.05, 3.63) is 36.0 Å². The third kappa shape index (κ3) is 3.08. The van der Waals surface area contributed by atoms with Crippen molar-refractivity contribution in [3.63, 3.8) is 0 Å². The van der Waals surface area contributed by atoms with E-state index in [-0.39, 0.29) is 5.82 Å². The van der Waals surface area contributed by atoms with E-state index in [2.05, 4.69) is 9.97 Å². The summed E-state index contributed by atoms with van der Waals surface area (Å²) < 4.78 is 23.8. The van der Waals surface area contributed by atoms with E-state index in [1.54, 1.807) is 58.9 Å². The number of hydrogen-bond acceptors (Lipinski definition) is 6. The Morgan fingerprint density at radius 2 is 1.46 bits per heavy atom. The molecule has 0 aliphatic carbocycles. The van der Waals surface area contributed by atoms with Crippen LogP contribution in [0.15, 0.2) is 30.3 Å². The van der Waals surface area contributed by atoms with Crippen LogP contribution < -0.4 is 11.5 Å². The van der Waals surface area contributed by atoms with E-state index in [1.165, 1.54) is 6.07 Å². The van der Waals surface area contributed by atoms with E-state index < -0.39 is 19.3 Å². The summed E-state index contributed by atoms with van der Waals surface area (Å²) >= 11 is 0. The number of aromatic nitrogens is 2.